The number of benzene rings is 2. The van der Waals surface area contributed by atoms with Crippen LogP contribution in [0.5, 0.6) is 11.5 Å². The van der Waals surface area contributed by atoms with Gasteiger partial charge in [0.15, 0.2) is 11.5 Å². The molecule has 2 aliphatic heterocycles. The molecule has 2 heterocycles. The van der Waals surface area contributed by atoms with Crippen LogP contribution in [0.2, 0.25) is 0 Å². The molecule has 1 amide bonds. The number of phenolic OH excluding ortho intramolecular Hbond substituents is 1. The molecule has 3 aliphatic rings. The lowest BCUT2D eigenvalue weighted by atomic mass is 9.83. The Labute approximate surface area is 262 Å². The molecule has 1 aliphatic carbocycles. The molecule has 46 heavy (non-hydrogen) atoms. The Bertz CT molecular complexity index is 1470. The minimum Gasteiger partial charge on any atom is -0.504 e. The molecule has 2 saturated heterocycles. The molecule has 0 radical (unpaired) electrons. The molecule has 0 bridgehead atoms. The summed E-state index contributed by atoms with van der Waals surface area (Å²) < 4.78 is 48.8. The van der Waals surface area contributed by atoms with E-state index in [9.17, 15) is 39.1 Å². The van der Waals surface area contributed by atoms with Crippen LogP contribution in [0, 0.1) is 11.6 Å². The molecule has 9 atom stereocenters. The second-order valence-electron chi connectivity index (χ2n) is 11.4. The molecule has 15 heteroatoms. The Kier molecular flexibility index (Phi) is 10.5. The fraction of sp³-hybridized carbons (Fsp3) is 0.484. The number of phenols is 1. The SMILES string of the molecule is C/C(=N/OCCc1ccc(F)cc1F)[C@H]1O[C@@H](Oc2ccc(/C=C(\C)C(=O)N[C@@H]3[C@H](O)[C@@H](O)[C@H]4OCO[C@H]4[C@@H]3O)cc2O)C[C@@H]1O. The molecular weight excluding hydrogens is 614 g/mol. The smallest absolute Gasteiger partial charge is 0.247 e. The number of oxime groups is 1. The monoisotopic (exact) mass is 650 g/mol. The van der Waals surface area contributed by atoms with E-state index in [1.165, 1.54) is 31.2 Å². The van der Waals surface area contributed by atoms with Gasteiger partial charge in [-0.3, -0.25) is 4.79 Å². The van der Waals surface area contributed by atoms with Gasteiger partial charge in [-0.25, -0.2) is 8.78 Å². The standard InChI is InChI=1S/C31H36F2N2O11/c1-14(31(41)34-24-25(38)27(40)30-29(26(24)39)42-13-43-30)9-16-3-6-22(20(36)10-16)45-23-12-21(37)28(46-23)15(2)35-44-8-7-17-4-5-18(32)11-19(17)33/h3-6,9-11,21,23-30,36-40H,7-8,12-13H2,1-2H3,(H,34,41)/b14-9+,35-15-/t21-,23+,24+,25-,26+,27+,28+,29-,30+/m0/s1. The maximum atomic E-state index is 13.8. The summed E-state index contributed by atoms with van der Waals surface area (Å²) in [5.41, 5.74) is 1.19. The van der Waals surface area contributed by atoms with E-state index in [0.717, 1.165) is 12.1 Å². The summed E-state index contributed by atoms with van der Waals surface area (Å²) in [5.74, 6) is -2.20. The van der Waals surface area contributed by atoms with Crippen LogP contribution in [-0.2, 0) is 30.3 Å². The van der Waals surface area contributed by atoms with E-state index in [-0.39, 0.29) is 48.9 Å². The number of amides is 1. The van der Waals surface area contributed by atoms with Crippen molar-refractivity contribution in [2.45, 2.75) is 81.7 Å². The van der Waals surface area contributed by atoms with Crippen LogP contribution >= 0.6 is 0 Å². The van der Waals surface area contributed by atoms with Gasteiger partial charge in [0.1, 0.15) is 61.7 Å². The van der Waals surface area contributed by atoms with Crippen LogP contribution in [0.1, 0.15) is 31.4 Å². The van der Waals surface area contributed by atoms with Gasteiger partial charge in [-0.1, -0.05) is 17.3 Å². The minimum atomic E-state index is -1.49. The topological polar surface area (TPSA) is 189 Å². The molecule has 2 aromatic rings. The summed E-state index contributed by atoms with van der Waals surface area (Å²) in [6.45, 7) is 2.94. The number of hydrogen-bond donors (Lipinski definition) is 6. The highest BCUT2D eigenvalue weighted by Crippen LogP contribution is 2.33. The molecule has 5 rings (SSSR count). The van der Waals surface area contributed by atoms with E-state index in [2.05, 4.69) is 10.5 Å². The Morgan fingerprint density at radius 3 is 2.50 bits per heavy atom. The van der Waals surface area contributed by atoms with Crippen LogP contribution in [0.25, 0.3) is 6.08 Å². The Balaban J connectivity index is 1.13. The van der Waals surface area contributed by atoms with Crippen molar-refractivity contribution in [2.75, 3.05) is 13.4 Å². The number of carbonyl (C=O) groups excluding carboxylic acids is 1. The first-order chi connectivity index (χ1) is 21.9. The third kappa shape index (κ3) is 7.47. The summed E-state index contributed by atoms with van der Waals surface area (Å²) in [5, 5.41) is 58.8. The number of aliphatic hydroxyl groups is 4. The Morgan fingerprint density at radius 1 is 1.04 bits per heavy atom. The van der Waals surface area contributed by atoms with E-state index >= 15 is 0 Å². The van der Waals surface area contributed by atoms with Crippen molar-refractivity contribution < 1.29 is 62.9 Å². The van der Waals surface area contributed by atoms with Gasteiger partial charge in [0.25, 0.3) is 0 Å². The number of fused-ring (bicyclic) bond motifs is 1. The van der Waals surface area contributed by atoms with Crippen LogP contribution < -0.4 is 10.1 Å². The average molecular weight is 651 g/mol. The largest absolute Gasteiger partial charge is 0.504 e. The fourth-order valence-corrected chi connectivity index (χ4v) is 5.56. The third-order valence-electron chi connectivity index (χ3n) is 8.06. The summed E-state index contributed by atoms with van der Waals surface area (Å²) in [7, 11) is 0. The number of carbonyl (C=O) groups is 1. The van der Waals surface area contributed by atoms with Crippen molar-refractivity contribution in [3.05, 3.63) is 64.7 Å². The fourth-order valence-electron chi connectivity index (χ4n) is 5.56. The van der Waals surface area contributed by atoms with Crippen molar-refractivity contribution in [1.29, 1.82) is 0 Å². The lowest BCUT2D eigenvalue weighted by Gasteiger charge is -2.41. The van der Waals surface area contributed by atoms with Crippen molar-refractivity contribution in [1.82, 2.24) is 5.32 Å². The number of hydrogen-bond acceptors (Lipinski definition) is 12. The van der Waals surface area contributed by atoms with E-state index in [4.69, 9.17) is 23.8 Å². The first-order valence-corrected chi connectivity index (χ1v) is 14.6. The van der Waals surface area contributed by atoms with E-state index < -0.39 is 72.6 Å². The molecule has 1 saturated carbocycles. The number of nitrogens with one attached hydrogen (secondary N) is 1. The Hall–Kier alpha value is -3.70. The van der Waals surface area contributed by atoms with Crippen molar-refractivity contribution in [3.63, 3.8) is 0 Å². The van der Waals surface area contributed by atoms with E-state index in [1.54, 1.807) is 13.0 Å². The molecule has 0 unspecified atom stereocenters. The zero-order valence-electron chi connectivity index (χ0n) is 25.0. The predicted molar refractivity (Wildman–Crippen MR) is 155 cm³/mol. The van der Waals surface area contributed by atoms with Crippen LogP contribution in [0.4, 0.5) is 8.78 Å². The molecule has 3 fully saturated rings. The second kappa shape index (κ2) is 14.4. The first-order valence-electron chi connectivity index (χ1n) is 14.6. The summed E-state index contributed by atoms with van der Waals surface area (Å²) in [6, 6.07) is 6.43. The average Bonchev–Trinajstić information content (AvgIpc) is 3.65. The highest BCUT2D eigenvalue weighted by Gasteiger charge is 2.53. The highest BCUT2D eigenvalue weighted by molar-refractivity contribution is 5.97. The first kappa shape index (κ1) is 33.7. The molecule has 13 nitrogen and oxygen atoms in total. The predicted octanol–water partition coefficient (Wildman–Crippen LogP) is 0.886. The number of nitrogens with zero attached hydrogens (tertiary/aromatic N) is 1. The van der Waals surface area contributed by atoms with Gasteiger partial charge >= 0.3 is 0 Å². The van der Waals surface area contributed by atoms with Gasteiger partial charge in [0.2, 0.25) is 12.2 Å². The van der Waals surface area contributed by atoms with Crippen LogP contribution in [-0.4, -0.2) is 106 Å². The van der Waals surface area contributed by atoms with Crippen LogP contribution in [0.15, 0.2) is 47.1 Å². The summed E-state index contributed by atoms with van der Waals surface area (Å²) >= 11 is 0. The number of aliphatic hydroxyl groups excluding tert-OH is 4. The maximum absolute atomic E-state index is 13.8. The summed E-state index contributed by atoms with van der Waals surface area (Å²) in [6.07, 6.45) is -7.11. The van der Waals surface area contributed by atoms with Crippen molar-refractivity contribution >= 4 is 17.7 Å². The number of rotatable bonds is 10. The normalized spacial score (nSPS) is 31.4. The number of aromatic hydroxyl groups is 1. The molecule has 6 N–H and O–H groups in total. The number of ether oxygens (including phenoxy) is 4. The van der Waals surface area contributed by atoms with Gasteiger partial charge in [-0.2, -0.15) is 0 Å². The highest BCUT2D eigenvalue weighted by atomic mass is 19.1. The van der Waals surface area contributed by atoms with Gasteiger partial charge < -0.3 is 54.6 Å². The molecule has 0 spiro atoms. The lowest BCUT2D eigenvalue weighted by Crippen LogP contribution is -2.67. The Morgan fingerprint density at radius 2 is 1.78 bits per heavy atom. The number of halogens is 2. The van der Waals surface area contributed by atoms with Crippen molar-refractivity contribution in [3.8, 4) is 11.5 Å². The second-order valence-corrected chi connectivity index (χ2v) is 11.4. The van der Waals surface area contributed by atoms with Gasteiger partial charge in [-0.15, -0.1) is 0 Å². The molecule has 2 aromatic carbocycles. The maximum Gasteiger partial charge on any atom is 0.247 e. The van der Waals surface area contributed by atoms with Crippen molar-refractivity contribution in [2.24, 2.45) is 5.16 Å². The van der Waals surface area contributed by atoms with Gasteiger partial charge in [0, 0.05) is 24.5 Å². The molecular formula is C31H36F2N2O11. The lowest BCUT2D eigenvalue weighted by molar-refractivity contribution is -0.155. The van der Waals surface area contributed by atoms with Crippen LogP contribution in [0.3, 0.4) is 0 Å². The van der Waals surface area contributed by atoms with E-state index in [1.807, 2.05) is 0 Å². The third-order valence-corrected chi connectivity index (χ3v) is 8.06. The van der Waals surface area contributed by atoms with Gasteiger partial charge in [0.05, 0.1) is 17.9 Å². The molecule has 0 aromatic heterocycles. The summed E-state index contributed by atoms with van der Waals surface area (Å²) in [4.78, 5) is 18.1. The zero-order valence-corrected chi connectivity index (χ0v) is 25.0. The van der Waals surface area contributed by atoms with Gasteiger partial charge in [-0.05, 0) is 49.2 Å². The molecule has 250 valence electrons. The minimum absolute atomic E-state index is 0.0112. The zero-order chi connectivity index (χ0) is 33.1. The van der Waals surface area contributed by atoms with E-state index in [0.29, 0.717) is 11.3 Å². The quantitative estimate of drug-likeness (QED) is 0.0928.